The summed E-state index contributed by atoms with van der Waals surface area (Å²) >= 11 is 0. The molecule has 0 spiro atoms. The van der Waals surface area contributed by atoms with Crippen LogP contribution in [0.4, 0.5) is 13.2 Å². The van der Waals surface area contributed by atoms with E-state index in [1.165, 1.54) is 6.07 Å². The minimum Gasteiger partial charge on any atom is -0.465 e. The summed E-state index contributed by atoms with van der Waals surface area (Å²) < 4.78 is 49.4. The van der Waals surface area contributed by atoms with Gasteiger partial charge in [0.25, 0.3) is 0 Å². The molecule has 27 heavy (non-hydrogen) atoms. The third kappa shape index (κ3) is 8.93. The molecule has 0 saturated carbocycles. The van der Waals surface area contributed by atoms with Gasteiger partial charge in [-0.3, -0.25) is 9.59 Å². The Balaban J connectivity index is 2.91. The molecule has 0 aliphatic carbocycles. The van der Waals surface area contributed by atoms with Crippen molar-refractivity contribution < 1.29 is 32.2 Å². The van der Waals surface area contributed by atoms with Crippen molar-refractivity contribution in [2.45, 2.75) is 71.1 Å². The zero-order valence-corrected chi connectivity index (χ0v) is 16.2. The molecule has 0 aromatic heterocycles. The van der Waals surface area contributed by atoms with Crippen LogP contribution in [-0.2, 0) is 25.2 Å². The van der Waals surface area contributed by atoms with Crippen molar-refractivity contribution in [2.75, 3.05) is 6.61 Å². The lowest BCUT2D eigenvalue weighted by Crippen LogP contribution is -2.24. The Labute approximate surface area is 158 Å². The van der Waals surface area contributed by atoms with Gasteiger partial charge in [0.05, 0.1) is 12.2 Å². The first kappa shape index (κ1) is 23.0. The maximum Gasteiger partial charge on any atom is 0.416 e. The quantitative estimate of drug-likeness (QED) is 0.571. The lowest BCUT2D eigenvalue weighted by molar-refractivity contribution is -0.155. The van der Waals surface area contributed by atoms with Crippen LogP contribution in [0.1, 0.15) is 70.4 Å². The third-order valence-corrected chi connectivity index (χ3v) is 3.70. The number of rotatable bonds is 8. The largest absolute Gasteiger partial charge is 0.465 e. The zero-order chi connectivity index (χ0) is 20.7. The molecule has 7 heteroatoms. The monoisotopic (exact) mass is 388 g/mol. The van der Waals surface area contributed by atoms with Crippen molar-refractivity contribution in [2.24, 2.45) is 0 Å². The van der Waals surface area contributed by atoms with Gasteiger partial charge in [0, 0.05) is 18.8 Å². The van der Waals surface area contributed by atoms with E-state index < -0.39 is 35.2 Å². The number of halogens is 3. The number of hydrogen-bond donors (Lipinski definition) is 0. The lowest BCUT2D eigenvalue weighted by Gasteiger charge is -2.22. The van der Waals surface area contributed by atoms with Crippen LogP contribution in [0.3, 0.4) is 0 Å². The topological polar surface area (TPSA) is 52.6 Å². The molecule has 0 aliphatic heterocycles. The maximum atomic E-state index is 13.0. The fraction of sp³-hybridized carbons (Fsp3) is 0.600. The van der Waals surface area contributed by atoms with Crippen molar-refractivity contribution in [3.8, 4) is 0 Å². The highest BCUT2D eigenvalue weighted by Crippen LogP contribution is 2.32. The molecule has 1 aromatic carbocycles. The first-order chi connectivity index (χ1) is 12.4. The molecule has 0 bridgehead atoms. The minimum atomic E-state index is -4.47. The summed E-state index contributed by atoms with van der Waals surface area (Å²) in [7, 11) is 0. The molecule has 0 aliphatic rings. The number of esters is 2. The van der Waals surface area contributed by atoms with E-state index in [1.54, 1.807) is 26.8 Å². The Morgan fingerprint density at radius 2 is 1.74 bits per heavy atom. The number of ether oxygens (including phenoxy) is 2. The number of carbonyl (C=O) groups is 2. The molecule has 152 valence electrons. The van der Waals surface area contributed by atoms with Crippen molar-refractivity contribution in [1.82, 2.24) is 0 Å². The van der Waals surface area contributed by atoms with E-state index >= 15 is 0 Å². The molecule has 0 saturated heterocycles. The van der Waals surface area contributed by atoms with E-state index in [4.69, 9.17) is 9.47 Å². The van der Waals surface area contributed by atoms with Gasteiger partial charge in [-0.2, -0.15) is 13.2 Å². The van der Waals surface area contributed by atoms with Crippen LogP contribution < -0.4 is 0 Å². The van der Waals surface area contributed by atoms with Gasteiger partial charge in [0.2, 0.25) is 0 Å². The summed E-state index contributed by atoms with van der Waals surface area (Å²) in [4.78, 5) is 23.6. The Kier molecular flexibility index (Phi) is 8.31. The highest BCUT2D eigenvalue weighted by Gasteiger charge is 2.31. The number of carbonyl (C=O) groups excluding carboxylic acids is 2. The standard InChI is InChI=1S/C20H27F3O4/c1-5-7-17(24)26-13-15(10-11-18(25)27-19(2,3)4)14-8-6-9-16(12-14)20(21,22)23/h6,8-9,12,15H,5,7,10-11,13H2,1-4H3. The molecule has 4 nitrogen and oxygen atoms in total. The average molecular weight is 388 g/mol. The highest BCUT2D eigenvalue weighted by atomic mass is 19.4. The van der Waals surface area contributed by atoms with E-state index in [-0.39, 0.29) is 25.9 Å². The molecule has 0 amide bonds. The number of hydrogen-bond acceptors (Lipinski definition) is 4. The second kappa shape index (κ2) is 9.76. The highest BCUT2D eigenvalue weighted by molar-refractivity contribution is 5.70. The third-order valence-electron chi connectivity index (χ3n) is 3.70. The molecule has 1 atom stereocenters. The van der Waals surface area contributed by atoms with Crippen LogP contribution in [0.15, 0.2) is 24.3 Å². The van der Waals surface area contributed by atoms with Gasteiger partial charge in [-0.1, -0.05) is 25.1 Å². The number of benzene rings is 1. The van der Waals surface area contributed by atoms with Gasteiger partial charge < -0.3 is 9.47 Å². The van der Waals surface area contributed by atoms with Crippen molar-refractivity contribution in [1.29, 1.82) is 0 Å². The van der Waals surface area contributed by atoms with Crippen molar-refractivity contribution >= 4 is 11.9 Å². The van der Waals surface area contributed by atoms with Crippen LogP contribution in [0.25, 0.3) is 0 Å². The summed E-state index contributed by atoms with van der Waals surface area (Å²) in [6.45, 7) is 6.96. The summed E-state index contributed by atoms with van der Waals surface area (Å²) in [5, 5.41) is 0. The van der Waals surface area contributed by atoms with Gasteiger partial charge in [-0.15, -0.1) is 0 Å². The SMILES string of the molecule is CCCC(=O)OCC(CCC(=O)OC(C)(C)C)c1cccc(C(F)(F)F)c1. The van der Waals surface area contributed by atoms with Crippen molar-refractivity contribution in [3.05, 3.63) is 35.4 Å². The summed E-state index contributed by atoms with van der Waals surface area (Å²) in [5.41, 5.74) is -1.05. The molecule has 0 heterocycles. The van der Waals surface area contributed by atoms with Crippen LogP contribution in [0.5, 0.6) is 0 Å². The van der Waals surface area contributed by atoms with Gasteiger partial charge in [-0.05, 0) is 45.2 Å². The molecule has 0 N–H and O–H groups in total. The summed E-state index contributed by atoms with van der Waals surface area (Å²) in [5.74, 6) is -1.38. The van der Waals surface area contributed by atoms with Crippen LogP contribution in [0.2, 0.25) is 0 Å². The first-order valence-corrected chi connectivity index (χ1v) is 8.97. The Bertz CT molecular complexity index is 633. The van der Waals surface area contributed by atoms with E-state index in [0.717, 1.165) is 12.1 Å². The Morgan fingerprint density at radius 3 is 2.30 bits per heavy atom. The van der Waals surface area contributed by atoms with Gasteiger partial charge >= 0.3 is 18.1 Å². The second-order valence-electron chi connectivity index (χ2n) is 7.38. The molecule has 1 aromatic rings. The first-order valence-electron chi connectivity index (χ1n) is 8.97. The zero-order valence-electron chi connectivity index (χ0n) is 16.2. The average Bonchev–Trinajstić information content (AvgIpc) is 2.53. The predicted octanol–water partition coefficient (Wildman–Crippen LogP) is 5.25. The summed E-state index contributed by atoms with van der Waals surface area (Å²) in [6.07, 6.45) is -3.38. The molecule has 0 fully saturated rings. The number of alkyl halides is 3. The lowest BCUT2D eigenvalue weighted by atomic mass is 9.93. The van der Waals surface area contributed by atoms with Gasteiger partial charge in [0.15, 0.2) is 0 Å². The van der Waals surface area contributed by atoms with Crippen LogP contribution in [0, 0.1) is 0 Å². The summed E-state index contributed by atoms with van der Waals surface area (Å²) in [6, 6.07) is 4.88. The van der Waals surface area contributed by atoms with Crippen LogP contribution >= 0.6 is 0 Å². The van der Waals surface area contributed by atoms with Crippen LogP contribution in [-0.4, -0.2) is 24.1 Å². The maximum absolute atomic E-state index is 13.0. The van der Waals surface area contributed by atoms with Gasteiger partial charge in [-0.25, -0.2) is 0 Å². The smallest absolute Gasteiger partial charge is 0.416 e. The fourth-order valence-electron chi connectivity index (χ4n) is 2.47. The minimum absolute atomic E-state index is 0.0174. The fourth-order valence-corrected chi connectivity index (χ4v) is 2.47. The van der Waals surface area contributed by atoms with Crippen molar-refractivity contribution in [3.63, 3.8) is 0 Å². The molecular formula is C20H27F3O4. The molecule has 0 radical (unpaired) electrons. The van der Waals surface area contributed by atoms with E-state index in [0.29, 0.717) is 12.0 Å². The Morgan fingerprint density at radius 1 is 1.07 bits per heavy atom. The van der Waals surface area contributed by atoms with E-state index in [2.05, 4.69) is 0 Å². The molecular weight excluding hydrogens is 361 g/mol. The van der Waals surface area contributed by atoms with Gasteiger partial charge in [0.1, 0.15) is 5.60 Å². The predicted molar refractivity (Wildman–Crippen MR) is 95.1 cm³/mol. The van der Waals surface area contributed by atoms with E-state index in [1.807, 2.05) is 6.92 Å². The normalized spacial score (nSPS) is 13.1. The van der Waals surface area contributed by atoms with E-state index in [9.17, 15) is 22.8 Å². The molecule has 1 rings (SSSR count). The molecule has 1 unspecified atom stereocenters. The Hall–Kier alpha value is -2.05. The second-order valence-corrected chi connectivity index (χ2v) is 7.38.